The molecule has 0 aliphatic heterocycles. The van der Waals surface area contributed by atoms with Crippen LogP contribution in [0.1, 0.15) is 84.0 Å². The summed E-state index contributed by atoms with van der Waals surface area (Å²) in [6, 6.07) is 0. The summed E-state index contributed by atoms with van der Waals surface area (Å²) >= 11 is 1.99. The normalized spacial score (nSPS) is 10.7. The van der Waals surface area contributed by atoms with Gasteiger partial charge < -0.3 is 11.1 Å². The zero-order chi connectivity index (χ0) is 17.2. The lowest BCUT2D eigenvalue weighted by atomic mass is 10.1. The molecule has 0 saturated heterocycles. The van der Waals surface area contributed by atoms with Crippen LogP contribution in [0, 0.1) is 0 Å². The largest absolute Gasteiger partial charge is 0.361 e. The SMILES string of the molecule is CCCCCCCCCCCCSCCCCNC(=O)C(N)=O. The van der Waals surface area contributed by atoms with Gasteiger partial charge in [-0.25, -0.2) is 0 Å². The molecule has 23 heavy (non-hydrogen) atoms. The van der Waals surface area contributed by atoms with E-state index in [9.17, 15) is 9.59 Å². The second-order valence-electron chi connectivity index (χ2n) is 6.12. The molecule has 2 amide bonds. The van der Waals surface area contributed by atoms with Crippen molar-refractivity contribution >= 4 is 23.6 Å². The Kier molecular flexibility index (Phi) is 17.1. The first-order chi connectivity index (χ1) is 11.2. The lowest BCUT2D eigenvalue weighted by molar-refractivity contribution is -0.137. The first kappa shape index (κ1) is 22.3. The lowest BCUT2D eigenvalue weighted by Gasteiger charge is -2.04. The zero-order valence-corrected chi connectivity index (χ0v) is 15.7. The Morgan fingerprint density at radius 3 is 1.78 bits per heavy atom. The summed E-state index contributed by atoms with van der Waals surface area (Å²) in [6.45, 7) is 2.81. The molecule has 4 nitrogen and oxygen atoms in total. The van der Waals surface area contributed by atoms with Crippen LogP contribution in [-0.4, -0.2) is 29.9 Å². The van der Waals surface area contributed by atoms with E-state index < -0.39 is 11.8 Å². The third-order valence-electron chi connectivity index (χ3n) is 3.87. The summed E-state index contributed by atoms with van der Waals surface area (Å²) in [7, 11) is 0. The smallest absolute Gasteiger partial charge is 0.309 e. The first-order valence-electron chi connectivity index (χ1n) is 9.33. The number of nitrogens with two attached hydrogens (primary N) is 1. The predicted octanol–water partition coefficient (Wildman–Crippen LogP) is 4.02. The van der Waals surface area contributed by atoms with Crippen LogP contribution < -0.4 is 11.1 Å². The third kappa shape index (κ3) is 17.5. The second kappa shape index (κ2) is 17.6. The molecular weight excluding hydrogens is 308 g/mol. The Morgan fingerprint density at radius 2 is 1.26 bits per heavy atom. The van der Waals surface area contributed by atoms with E-state index in [1.165, 1.54) is 70.0 Å². The van der Waals surface area contributed by atoms with Crippen LogP contribution in [0.5, 0.6) is 0 Å². The molecule has 0 aromatic carbocycles. The molecule has 136 valence electrons. The monoisotopic (exact) mass is 344 g/mol. The van der Waals surface area contributed by atoms with E-state index in [0.29, 0.717) is 6.54 Å². The Hall–Kier alpha value is -0.710. The maximum atomic E-state index is 10.9. The van der Waals surface area contributed by atoms with E-state index in [4.69, 9.17) is 5.73 Å². The highest BCUT2D eigenvalue weighted by Crippen LogP contribution is 2.13. The van der Waals surface area contributed by atoms with Gasteiger partial charge in [-0.15, -0.1) is 0 Å². The molecule has 5 heteroatoms. The minimum Gasteiger partial charge on any atom is -0.361 e. The standard InChI is InChI=1S/C18H36N2O2S/c1-2-3-4-5-6-7-8-9-10-12-15-23-16-13-11-14-20-18(22)17(19)21/h2-16H2,1H3,(H2,19,21)(H,20,22). The number of unbranched alkanes of at least 4 members (excludes halogenated alkanes) is 10. The number of nitrogens with one attached hydrogen (secondary N) is 1. The van der Waals surface area contributed by atoms with E-state index in [1.807, 2.05) is 11.8 Å². The molecule has 0 radical (unpaired) electrons. The van der Waals surface area contributed by atoms with Gasteiger partial charge in [0.15, 0.2) is 0 Å². The molecule has 0 aliphatic carbocycles. The number of rotatable bonds is 16. The number of hydrogen-bond acceptors (Lipinski definition) is 3. The van der Waals surface area contributed by atoms with Crippen LogP contribution >= 0.6 is 11.8 Å². The van der Waals surface area contributed by atoms with Crippen LogP contribution in [0.25, 0.3) is 0 Å². The number of amides is 2. The number of primary amides is 1. The zero-order valence-electron chi connectivity index (χ0n) is 14.9. The van der Waals surface area contributed by atoms with E-state index in [-0.39, 0.29) is 0 Å². The molecule has 0 heterocycles. The van der Waals surface area contributed by atoms with E-state index in [1.54, 1.807) is 0 Å². The summed E-state index contributed by atoms with van der Waals surface area (Å²) < 4.78 is 0. The average Bonchev–Trinajstić information content (AvgIpc) is 2.54. The van der Waals surface area contributed by atoms with Crippen molar-refractivity contribution in [3.8, 4) is 0 Å². The number of carbonyl (C=O) groups excluding carboxylic acids is 2. The van der Waals surface area contributed by atoms with Crippen molar-refractivity contribution in [2.75, 3.05) is 18.1 Å². The van der Waals surface area contributed by atoms with Crippen molar-refractivity contribution in [2.45, 2.75) is 84.0 Å². The van der Waals surface area contributed by atoms with E-state index in [0.717, 1.165) is 18.6 Å². The summed E-state index contributed by atoms with van der Waals surface area (Å²) in [6.07, 6.45) is 15.8. The molecule has 3 N–H and O–H groups in total. The lowest BCUT2D eigenvalue weighted by Crippen LogP contribution is -2.36. The Balaban J connectivity index is 3.05. The van der Waals surface area contributed by atoms with Crippen molar-refractivity contribution < 1.29 is 9.59 Å². The van der Waals surface area contributed by atoms with Gasteiger partial charge in [-0.05, 0) is 30.8 Å². The molecule has 0 spiro atoms. The summed E-state index contributed by atoms with van der Waals surface area (Å²) in [5, 5.41) is 2.51. The van der Waals surface area contributed by atoms with Gasteiger partial charge in [0.25, 0.3) is 0 Å². The molecule has 0 unspecified atom stereocenters. The van der Waals surface area contributed by atoms with Crippen LogP contribution in [0.2, 0.25) is 0 Å². The number of carbonyl (C=O) groups is 2. The van der Waals surface area contributed by atoms with Crippen LogP contribution in [-0.2, 0) is 9.59 Å². The predicted molar refractivity (Wildman–Crippen MR) is 101 cm³/mol. The van der Waals surface area contributed by atoms with E-state index in [2.05, 4.69) is 12.2 Å². The van der Waals surface area contributed by atoms with Gasteiger partial charge in [0.2, 0.25) is 0 Å². The Morgan fingerprint density at radius 1 is 0.783 bits per heavy atom. The van der Waals surface area contributed by atoms with Crippen LogP contribution in [0.15, 0.2) is 0 Å². The molecule has 0 rings (SSSR count). The maximum Gasteiger partial charge on any atom is 0.309 e. The van der Waals surface area contributed by atoms with Gasteiger partial charge in [0.05, 0.1) is 0 Å². The van der Waals surface area contributed by atoms with Crippen LogP contribution in [0.4, 0.5) is 0 Å². The van der Waals surface area contributed by atoms with Crippen molar-refractivity contribution in [3.63, 3.8) is 0 Å². The number of hydrogen-bond donors (Lipinski definition) is 2. The topological polar surface area (TPSA) is 72.2 Å². The summed E-state index contributed by atoms with van der Waals surface area (Å²) in [4.78, 5) is 21.4. The third-order valence-corrected chi connectivity index (χ3v) is 5.02. The molecule has 0 saturated carbocycles. The van der Waals surface area contributed by atoms with Crippen molar-refractivity contribution in [1.82, 2.24) is 5.32 Å². The van der Waals surface area contributed by atoms with Gasteiger partial charge in [-0.1, -0.05) is 64.7 Å². The minimum absolute atomic E-state index is 0.542. The molecule has 0 bridgehead atoms. The van der Waals surface area contributed by atoms with Gasteiger partial charge in [-0.2, -0.15) is 11.8 Å². The van der Waals surface area contributed by atoms with Gasteiger partial charge >= 0.3 is 11.8 Å². The highest BCUT2D eigenvalue weighted by molar-refractivity contribution is 7.99. The summed E-state index contributed by atoms with van der Waals surface area (Å²) in [5.74, 6) is 0.789. The van der Waals surface area contributed by atoms with Crippen molar-refractivity contribution in [1.29, 1.82) is 0 Å². The van der Waals surface area contributed by atoms with E-state index >= 15 is 0 Å². The molecule has 0 aromatic heterocycles. The van der Waals surface area contributed by atoms with Gasteiger partial charge in [0.1, 0.15) is 0 Å². The molecule has 0 fully saturated rings. The Labute approximate surface area is 146 Å². The highest BCUT2D eigenvalue weighted by Gasteiger charge is 2.05. The maximum absolute atomic E-state index is 10.9. The first-order valence-corrected chi connectivity index (χ1v) is 10.5. The Bertz CT molecular complexity index is 299. The molecule has 0 atom stereocenters. The highest BCUT2D eigenvalue weighted by atomic mass is 32.2. The van der Waals surface area contributed by atoms with Gasteiger partial charge in [-0.3, -0.25) is 9.59 Å². The molecular formula is C18H36N2O2S. The summed E-state index contributed by atoms with van der Waals surface area (Å²) in [5.41, 5.74) is 4.85. The minimum atomic E-state index is -0.902. The van der Waals surface area contributed by atoms with Crippen LogP contribution in [0.3, 0.4) is 0 Å². The quantitative estimate of drug-likeness (QED) is 0.328. The van der Waals surface area contributed by atoms with Gasteiger partial charge in [0, 0.05) is 6.54 Å². The fraction of sp³-hybridized carbons (Fsp3) is 0.889. The van der Waals surface area contributed by atoms with Crippen molar-refractivity contribution in [3.05, 3.63) is 0 Å². The second-order valence-corrected chi connectivity index (χ2v) is 7.35. The number of thioether (sulfide) groups is 1. The average molecular weight is 345 g/mol. The molecule has 0 aliphatic rings. The van der Waals surface area contributed by atoms with Crippen molar-refractivity contribution in [2.24, 2.45) is 5.73 Å². The fourth-order valence-corrected chi connectivity index (χ4v) is 3.43. The molecule has 0 aromatic rings. The fourth-order valence-electron chi connectivity index (χ4n) is 2.41.